The Kier molecular flexibility index (Phi) is 10.4. The molecule has 1 aromatic rings. The number of esters is 1. The molecule has 1 aromatic heterocycles. The molecule has 146 valence electrons. The van der Waals surface area contributed by atoms with Crippen LogP contribution in [0, 0.1) is 5.92 Å². The summed E-state index contributed by atoms with van der Waals surface area (Å²) < 4.78 is 10.6. The maximum Gasteiger partial charge on any atom is 0.310 e. The predicted octanol–water partition coefficient (Wildman–Crippen LogP) is 3.24. The Morgan fingerprint density at radius 2 is 2.35 bits per heavy atom. The van der Waals surface area contributed by atoms with Crippen LogP contribution in [-0.4, -0.2) is 49.6 Å². The highest BCUT2D eigenvalue weighted by atomic mass is 127. The average Bonchev–Trinajstić information content (AvgIpc) is 3.11. The molecule has 1 unspecified atom stereocenters. The number of rotatable bonds is 7. The quantitative estimate of drug-likeness (QED) is 0.216. The van der Waals surface area contributed by atoms with Gasteiger partial charge in [-0.1, -0.05) is 12.2 Å². The fourth-order valence-electron chi connectivity index (χ4n) is 2.85. The number of guanidine groups is 1. The lowest BCUT2D eigenvalue weighted by molar-refractivity contribution is -0.149. The van der Waals surface area contributed by atoms with Crippen molar-refractivity contribution < 1.29 is 13.9 Å². The minimum absolute atomic E-state index is 0. The topological polar surface area (TPSA) is 67.1 Å². The molecule has 26 heavy (non-hydrogen) atoms. The van der Waals surface area contributed by atoms with E-state index in [2.05, 4.69) is 21.8 Å². The lowest BCUT2D eigenvalue weighted by Gasteiger charge is -2.34. The van der Waals surface area contributed by atoms with Crippen LogP contribution >= 0.6 is 24.0 Å². The first-order valence-electron chi connectivity index (χ1n) is 8.96. The molecule has 1 fully saturated rings. The molecule has 1 aliphatic heterocycles. The summed E-state index contributed by atoms with van der Waals surface area (Å²) in [7, 11) is 0. The van der Waals surface area contributed by atoms with Crippen molar-refractivity contribution in [2.24, 2.45) is 10.9 Å². The van der Waals surface area contributed by atoms with Crippen molar-refractivity contribution in [2.75, 3.05) is 32.8 Å². The first kappa shape index (κ1) is 22.5. The van der Waals surface area contributed by atoms with Gasteiger partial charge >= 0.3 is 5.97 Å². The maximum atomic E-state index is 12.1. The van der Waals surface area contributed by atoms with Crippen molar-refractivity contribution in [3.63, 3.8) is 0 Å². The summed E-state index contributed by atoms with van der Waals surface area (Å²) in [4.78, 5) is 18.9. The number of halogens is 1. The molecule has 1 N–H and O–H groups in total. The Bertz CT molecular complexity index is 587. The summed E-state index contributed by atoms with van der Waals surface area (Å²) in [6.45, 7) is 11.0. The number of hydrogen-bond donors (Lipinski definition) is 1. The van der Waals surface area contributed by atoms with Crippen molar-refractivity contribution >= 4 is 35.9 Å². The fraction of sp³-hybridized carbons (Fsp3) is 0.579. The highest BCUT2D eigenvalue weighted by Crippen LogP contribution is 2.18. The minimum atomic E-state index is -0.109. The standard InChI is InChI=1S/C19H29N3O3.HI/c1-4-24-18(23)16-7-5-11-22(14-16)19(21-13-15(2)3)20-10-9-17-8-6-12-25-17;/h6,8,12,16H,2,4-5,7,9-11,13-14H2,1,3H3,(H,20,21);1H. The second-order valence-corrected chi connectivity index (χ2v) is 6.39. The molecule has 1 atom stereocenters. The van der Waals surface area contributed by atoms with E-state index < -0.39 is 0 Å². The molecule has 0 aromatic carbocycles. The summed E-state index contributed by atoms with van der Waals surface area (Å²) >= 11 is 0. The van der Waals surface area contributed by atoms with Crippen LogP contribution in [0.5, 0.6) is 0 Å². The number of nitrogens with one attached hydrogen (secondary N) is 1. The smallest absolute Gasteiger partial charge is 0.310 e. The molecular weight excluding hydrogens is 445 g/mol. The van der Waals surface area contributed by atoms with Crippen molar-refractivity contribution in [2.45, 2.75) is 33.1 Å². The second kappa shape index (κ2) is 12.0. The van der Waals surface area contributed by atoms with Crippen LogP contribution in [0.25, 0.3) is 0 Å². The number of likely N-dealkylation sites (tertiary alicyclic amines) is 1. The summed E-state index contributed by atoms with van der Waals surface area (Å²) in [6.07, 6.45) is 4.29. The van der Waals surface area contributed by atoms with E-state index in [-0.39, 0.29) is 35.9 Å². The number of aliphatic imine (C=N–C) groups is 1. The SMILES string of the molecule is C=C(C)CN=C(NCCc1ccco1)N1CCCC(C(=O)OCC)C1.I. The van der Waals surface area contributed by atoms with Gasteiger partial charge in [0.2, 0.25) is 0 Å². The number of furan rings is 1. The Balaban J connectivity index is 0.00000338. The fourth-order valence-corrected chi connectivity index (χ4v) is 2.85. The Morgan fingerprint density at radius 3 is 3.00 bits per heavy atom. The van der Waals surface area contributed by atoms with Crippen LogP contribution in [0.3, 0.4) is 0 Å². The van der Waals surface area contributed by atoms with E-state index in [0.29, 0.717) is 19.7 Å². The zero-order chi connectivity index (χ0) is 18.1. The number of ether oxygens (including phenoxy) is 1. The summed E-state index contributed by atoms with van der Waals surface area (Å²) in [6, 6.07) is 3.85. The van der Waals surface area contributed by atoms with Gasteiger partial charge < -0.3 is 19.4 Å². The number of hydrogen-bond acceptors (Lipinski definition) is 4. The lowest BCUT2D eigenvalue weighted by Crippen LogP contribution is -2.48. The normalized spacial score (nSPS) is 17.4. The number of carbonyl (C=O) groups is 1. The number of carbonyl (C=O) groups excluding carboxylic acids is 1. The highest BCUT2D eigenvalue weighted by molar-refractivity contribution is 14.0. The van der Waals surface area contributed by atoms with Crippen molar-refractivity contribution in [3.8, 4) is 0 Å². The molecule has 1 saturated heterocycles. The van der Waals surface area contributed by atoms with Crippen LogP contribution in [0.2, 0.25) is 0 Å². The van der Waals surface area contributed by atoms with Gasteiger partial charge in [-0.05, 0) is 38.8 Å². The third-order valence-corrected chi connectivity index (χ3v) is 4.07. The molecule has 0 saturated carbocycles. The minimum Gasteiger partial charge on any atom is -0.469 e. The molecular formula is C19H30IN3O3. The second-order valence-electron chi connectivity index (χ2n) is 6.39. The molecule has 2 rings (SSSR count). The number of piperidine rings is 1. The molecule has 0 bridgehead atoms. The van der Waals surface area contributed by atoms with E-state index in [4.69, 9.17) is 9.15 Å². The molecule has 0 radical (unpaired) electrons. The van der Waals surface area contributed by atoms with Gasteiger partial charge in [-0.2, -0.15) is 0 Å². The Hall–Kier alpha value is -1.51. The predicted molar refractivity (Wildman–Crippen MR) is 114 cm³/mol. The monoisotopic (exact) mass is 475 g/mol. The van der Waals surface area contributed by atoms with E-state index in [1.54, 1.807) is 6.26 Å². The Labute approximate surface area is 173 Å². The van der Waals surface area contributed by atoms with Crippen LogP contribution < -0.4 is 5.32 Å². The van der Waals surface area contributed by atoms with Crippen molar-refractivity contribution in [1.82, 2.24) is 10.2 Å². The van der Waals surface area contributed by atoms with Crippen LogP contribution in [0.1, 0.15) is 32.4 Å². The van der Waals surface area contributed by atoms with E-state index in [1.807, 2.05) is 26.0 Å². The summed E-state index contributed by atoms with van der Waals surface area (Å²) in [5.74, 6) is 1.57. The van der Waals surface area contributed by atoms with Gasteiger partial charge in [-0.25, -0.2) is 4.99 Å². The molecule has 1 aliphatic rings. The van der Waals surface area contributed by atoms with Gasteiger partial charge in [0, 0.05) is 26.1 Å². The molecule has 0 amide bonds. The lowest BCUT2D eigenvalue weighted by atomic mass is 9.98. The van der Waals surface area contributed by atoms with Crippen molar-refractivity contribution in [1.29, 1.82) is 0 Å². The molecule has 2 heterocycles. The van der Waals surface area contributed by atoms with Gasteiger partial charge in [0.05, 0.1) is 25.3 Å². The first-order chi connectivity index (χ1) is 12.1. The van der Waals surface area contributed by atoms with Crippen LogP contribution in [0.4, 0.5) is 0 Å². The van der Waals surface area contributed by atoms with Gasteiger partial charge in [0.15, 0.2) is 5.96 Å². The van der Waals surface area contributed by atoms with Crippen molar-refractivity contribution in [3.05, 3.63) is 36.3 Å². The number of nitrogens with zero attached hydrogens (tertiary/aromatic N) is 2. The Morgan fingerprint density at radius 1 is 1.54 bits per heavy atom. The molecule has 7 heteroatoms. The van der Waals surface area contributed by atoms with Gasteiger partial charge in [-0.3, -0.25) is 4.79 Å². The van der Waals surface area contributed by atoms with Gasteiger partial charge in [0.1, 0.15) is 5.76 Å². The molecule has 0 spiro atoms. The highest BCUT2D eigenvalue weighted by Gasteiger charge is 2.28. The van der Waals surface area contributed by atoms with E-state index in [1.165, 1.54) is 0 Å². The third kappa shape index (κ3) is 7.39. The van der Waals surface area contributed by atoms with E-state index in [0.717, 1.165) is 49.6 Å². The largest absolute Gasteiger partial charge is 0.469 e. The summed E-state index contributed by atoms with van der Waals surface area (Å²) in [5.41, 5.74) is 1.00. The van der Waals surface area contributed by atoms with E-state index >= 15 is 0 Å². The van der Waals surface area contributed by atoms with Crippen LogP contribution in [-0.2, 0) is 16.0 Å². The van der Waals surface area contributed by atoms with Gasteiger partial charge in [0.25, 0.3) is 0 Å². The van der Waals surface area contributed by atoms with Crippen LogP contribution in [0.15, 0.2) is 40.0 Å². The zero-order valence-electron chi connectivity index (χ0n) is 15.7. The maximum absolute atomic E-state index is 12.1. The molecule has 6 nitrogen and oxygen atoms in total. The third-order valence-electron chi connectivity index (χ3n) is 4.07. The van der Waals surface area contributed by atoms with Gasteiger partial charge in [-0.15, -0.1) is 24.0 Å². The summed E-state index contributed by atoms with van der Waals surface area (Å²) in [5, 5.41) is 3.40. The average molecular weight is 475 g/mol. The first-order valence-corrected chi connectivity index (χ1v) is 8.96. The zero-order valence-corrected chi connectivity index (χ0v) is 18.0. The molecule has 0 aliphatic carbocycles. The van der Waals surface area contributed by atoms with E-state index in [9.17, 15) is 4.79 Å².